The van der Waals surface area contributed by atoms with Gasteiger partial charge >= 0.3 is 0 Å². The molecule has 0 amide bonds. The Morgan fingerprint density at radius 1 is 0.880 bits per heavy atom. The van der Waals surface area contributed by atoms with Gasteiger partial charge in [0.25, 0.3) is 0 Å². The molecule has 1 rings (SSSR count). The molecule has 2 unspecified atom stereocenters. The summed E-state index contributed by atoms with van der Waals surface area (Å²) in [5.41, 5.74) is 0. The molecule has 1 N–H and O–H groups in total. The molecule has 0 bridgehead atoms. The number of ether oxygens (including phenoxy) is 3. The van der Waals surface area contributed by atoms with Crippen LogP contribution in [0.5, 0.6) is 0 Å². The third-order valence-electron chi connectivity index (χ3n) is 5.47. The highest BCUT2D eigenvalue weighted by molar-refractivity contribution is 4.83. The Morgan fingerprint density at radius 2 is 1.44 bits per heavy atom. The maximum absolute atomic E-state index is 10.3. The molecule has 1 aliphatic heterocycles. The molecule has 0 saturated carbocycles. The van der Waals surface area contributed by atoms with Gasteiger partial charge in [0.1, 0.15) is 18.3 Å². The number of hydrogen-bond donors (Lipinski definition) is 1. The van der Waals surface area contributed by atoms with Gasteiger partial charge in [-0.05, 0) is 24.7 Å². The fraction of sp³-hybridized carbons (Fsp3) is 1.00. The smallest absolute Gasteiger partial charge is 0.114 e. The molecule has 150 valence electrons. The lowest BCUT2D eigenvalue weighted by Gasteiger charge is -2.36. The predicted molar refractivity (Wildman–Crippen MR) is 103 cm³/mol. The van der Waals surface area contributed by atoms with E-state index in [-0.39, 0.29) is 12.2 Å². The van der Waals surface area contributed by atoms with Crippen LogP contribution in [0, 0.1) is 11.8 Å². The molecule has 0 aromatic heterocycles. The normalized spacial score (nSPS) is 26.5. The highest BCUT2D eigenvalue weighted by atomic mass is 16.6. The largest absolute Gasteiger partial charge is 0.388 e. The van der Waals surface area contributed by atoms with E-state index in [4.69, 9.17) is 14.2 Å². The summed E-state index contributed by atoms with van der Waals surface area (Å²) in [4.78, 5) is 0. The molecule has 0 radical (unpaired) electrons. The Hall–Kier alpha value is -0.160. The van der Waals surface area contributed by atoms with Gasteiger partial charge in [0.15, 0.2) is 0 Å². The minimum atomic E-state index is -0.585. The van der Waals surface area contributed by atoms with Crippen molar-refractivity contribution >= 4 is 0 Å². The van der Waals surface area contributed by atoms with Crippen molar-refractivity contribution in [2.75, 3.05) is 26.4 Å². The van der Waals surface area contributed by atoms with E-state index in [2.05, 4.69) is 27.7 Å². The van der Waals surface area contributed by atoms with Crippen molar-refractivity contribution in [3.63, 3.8) is 0 Å². The van der Waals surface area contributed by atoms with E-state index in [0.717, 1.165) is 19.4 Å². The van der Waals surface area contributed by atoms with E-state index in [0.29, 0.717) is 31.7 Å². The molecule has 4 heteroatoms. The quantitative estimate of drug-likeness (QED) is 0.494. The summed E-state index contributed by atoms with van der Waals surface area (Å²) in [7, 11) is 0. The van der Waals surface area contributed by atoms with Gasteiger partial charge in [0.2, 0.25) is 0 Å². The Kier molecular flexibility index (Phi) is 12.8. The third kappa shape index (κ3) is 8.85. The lowest BCUT2D eigenvalue weighted by Crippen LogP contribution is -2.51. The third-order valence-corrected chi connectivity index (χ3v) is 5.47. The Labute approximate surface area is 155 Å². The molecule has 25 heavy (non-hydrogen) atoms. The molecule has 0 spiro atoms. The molecule has 1 fully saturated rings. The van der Waals surface area contributed by atoms with Crippen molar-refractivity contribution < 1.29 is 19.3 Å². The van der Waals surface area contributed by atoms with Crippen LogP contribution in [0.4, 0.5) is 0 Å². The van der Waals surface area contributed by atoms with E-state index in [1.165, 1.54) is 38.5 Å². The van der Waals surface area contributed by atoms with Gasteiger partial charge < -0.3 is 19.3 Å². The molecular formula is C21H42O4. The first-order valence-corrected chi connectivity index (χ1v) is 10.6. The van der Waals surface area contributed by atoms with Crippen LogP contribution >= 0.6 is 0 Å². The van der Waals surface area contributed by atoms with Crippen LogP contribution in [-0.2, 0) is 14.2 Å². The van der Waals surface area contributed by atoms with Crippen molar-refractivity contribution in [3.05, 3.63) is 0 Å². The topological polar surface area (TPSA) is 47.9 Å². The summed E-state index contributed by atoms with van der Waals surface area (Å²) < 4.78 is 17.8. The second-order valence-electron chi connectivity index (χ2n) is 7.61. The van der Waals surface area contributed by atoms with Gasteiger partial charge in [-0.15, -0.1) is 0 Å². The number of aliphatic hydroxyl groups is 1. The highest BCUT2D eigenvalue weighted by Crippen LogP contribution is 2.22. The van der Waals surface area contributed by atoms with Crippen LogP contribution < -0.4 is 0 Å². The van der Waals surface area contributed by atoms with Crippen LogP contribution in [-0.4, -0.2) is 49.8 Å². The van der Waals surface area contributed by atoms with Crippen molar-refractivity contribution in [2.45, 2.75) is 97.4 Å². The number of rotatable bonds is 14. The second kappa shape index (κ2) is 14.0. The molecule has 5 atom stereocenters. The van der Waals surface area contributed by atoms with Crippen LogP contribution in [0.2, 0.25) is 0 Å². The standard InChI is InChI=1S/C21H42O4/c1-5-9-11-17(7-3)13-24-20-16-23-15-19(22)21(20)25-14-18(8-4)12-10-6-2/h17-22H,5-16H2,1-4H3/t17?,18?,19-,20+,21-/m1/s1. The van der Waals surface area contributed by atoms with E-state index >= 15 is 0 Å². The monoisotopic (exact) mass is 358 g/mol. The lowest BCUT2D eigenvalue weighted by molar-refractivity contribution is -0.196. The van der Waals surface area contributed by atoms with Crippen LogP contribution in [0.3, 0.4) is 0 Å². The summed E-state index contributed by atoms with van der Waals surface area (Å²) >= 11 is 0. The fourth-order valence-corrected chi connectivity index (χ4v) is 3.41. The molecule has 1 saturated heterocycles. The van der Waals surface area contributed by atoms with Crippen molar-refractivity contribution in [2.24, 2.45) is 11.8 Å². The molecule has 0 aromatic rings. The minimum Gasteiger partial charge on any atom is -0.388 e. The van der Waals surface area contributed by atoms with Crippen molar-refractivity contribution in [3.8, 4) is 0 Å². The van der Waals surface area contributed by atoms with E-state index in [1.807, 2.05) is 0 Å². The average molecular weight is 359 g/mol. The maximum atomic E-state index is 10.3. The SMILES string of the molecule is CCCCC(CC)CO[C@@H]1[C@H](O)COC[C@@H]1OCC(CC)CCCC. The summed E-state index contributed by atoms with van der Waals surface area (Å²) in [6, 6.07) is 0. The molecule has 4 nitrogen and oxygen atoms in total. The first-order chi connectivity index (χ1) is 12.2. The minimum absolute atomic E-state index is 0.150. The maximum Gasteiger partial charge on any atom is 0.114 e. The Morgan fingerprint density at radius 3 is 1.96 bits per heavy atom. The van der Waals surface area contributed by atoms with Crippen LogP contribution in [0.25, 0.3) is 0 Å². The van der Waals surface area contributed by atoms with Gasteiger partial charge in [-0.3, -0.25) is 0 Å². The molecular weight excluding hydrogens is 316 g/mol. The summed E-state index contributed by atoms with van der Waals surface area (Å²) in [5, 5.41) is 10.3. The Bertz CT molecular complexity index is 310. The first-order valence-electron chi connectivity index (χ1n) is 10.6. The van der Waals surface area contributed by atoms with Crippen LogP contribution in [0.15, 0.2) is 0 Å². The highest BCUT2D eigenvalue weighted by Gasteiger charge is 2.35. The van der Waals surface area contributed by atoms with Gasteiger partial charge in [-0.2, -0.15) is 0 Å². The van der Waals surface area contributed by atoms with Gasteiger partial charge in [-0.1, -0.05) is 66.2 Å². The van der Waals surface area contributed by atoms with Gasteiger partial charge in [-0.25, -0.2) is 0 Å². The summed E-state index contributed by atoms with van der Waals surface area (Å²) in [6.45, 7) is 11.2. The fourth-order valence-electron chi connectivity index (χ4n) is 3.41. The van der Waals surface area contributed by atoms with E-state index < -0.39 is 6.10 Å². The van der Waals surface area contributed by atoms with E-state index in [1.54, 1.807) is 0 Å². The molecule has 0 aromatic carbocycles. The number of unbranched alkanes of at least 4 members (excludes halogenated alkanes) is 2. The average Bonchev–Trinajstić information content (AvgIpc) is 2.63. The van der Waals surface area contributed by atoms with E-state index in [9.17, 15) is 5.11 Å². The predicted octanol–water partition coefficient (Wildman–Crippen LogP) is 4.58. The summed E-state index contributed by atoms with van der Waals surface area (Å²) in [5.74, 6) is 1.16. The lowest BCUT2D eigenvalue weighted by atomic mass is 9.99. The molecule has 1 heterocycles. The zero-order valence-corrected chi connectivity index (χ0v) is 17.0. The van der Waals surface area contributed by atoms with Crippen LogP contribution in [0.1, 0.15) is 79.1 Å². The number of aliphatic hydroxyl groups excluding tert-OH is 1. The zero-order valence-electron chi connectivity index (χ0n) is 17.0. The molecule has 0 aliphatic carbocycles. The first kappa shape index (κ1) is 22.9. The number of hydrogen-bond acceptors (Lipinski definition) is 4. The second-order valence-corrected chi connectivity index (χ2v) is 7.61. The molecule has 1 aliphatic rings. The van der Waals surface area contributed by atoms with Crippen molar-refractivity contribution in [1.82, 2.24) is 0 Å². The Balaban J connectivity index is 2.48. The zero-order chi connectivity index (χ0) is 18.5. The van der Waals surface area contributed by atoms with Gasteiger partial charge in [0.05, 0.1) is 26.4 Å². The summed E-state index contributed by atoms with van der Waals surface area (Å²) in [6.07, 6.45) is 8.62. The van der Waals surface area contributed by atoms with Gasteiger partial charge in [0, 0.05) is 0 Å². The van der Waals surface area contributed by atoms with Crippen molar-refractivity contribution in [1.29, 1.82) is 0 Å².